The normalized spacial score (nSPS) is 28.1. The maximum absolute atomic E-state index is 12.0. The fourth-order valence-electron chi connectivity index (χ4n) is 2.99. The molecular formula is C16H23ClN2OS. The Morgan fingerprint density at radius 2 is 2.05 bits per heavy atom. The number of halogens is 1. The largest absolute Gasteiger partial charge is 0.353 e. The number of carbonyl (C=O) groups excluding carboxylic acids is 1. The molecule has 1 aliphatic heterocycles. The molecule has 2 fully saturated rings. The van der Waals surface area contributed by atoms with Crippen LogP contribution in [0.4, 0.5) is 0 Å². The third-order valence-electron chi connectivity index (χ3n) is 4.20. The van der Waals surface area contributed by atoms with Crippen molar-refractivity contribution in [2.24, 2.45) is 0 Å². The van der Waals surface area contributed by atoms with Gasteiger partial charge in [-0.25, -0.2) is 0 Å². The lowest BCUT2D eigenvalue weighted by Gasteiger charge is -2.36. The SMILES string of the molecule is Cl.O=C(CC1CSCCN1)NC1CC(c2ccccc2)C1. The number of hydrogen-bond donors (Lipinski definition) is 2. The van der Waals surface area contributed by atoms with Gasteiger partial charge < -0.3 is 10.6 Å². The van der Waals surface area contributed by atoms with E-state index < -0.39 is 0 Å². The second-order valence-electron chi connectivity index (χ2n) is 5.77. The molecule has 1 heterocycles. The minimum Gasteiger partial charge on any atom is -0.353 e. The summed E-state index contributed by atoms with van der Waals surface area (Å²) in [5.41, 5.74) is 1.41. The molecule has 1 aromatic carbocycles. The molecule has 21 heavy (non-hydrogen) atoms. The molecule has 3 rings (SSSR count). The highest BCUT2D eigenvalue weighted by Crippen LogP contribution is 2.36. The first-order chi connectivity index (χ1) is 9.81. The molecule has 1 unspecified atom stereocenters. The van der Waals surface area contributed by atoms with Gasteiger partial charge in [-0.1, -0.05) is 30.3 Å². The van der Waals surface area contributed by atoms with Gasteiger partial charge in [-0.3, -0.25) is 4.79 Å². The fraction of sp³-hybridized carbons (Fsp3) is 0.562. The maximum atomic E-state index is 12.0. The molecule has 2 N–H and O–H groups in total. The monoisotopic (exact) mass is 326 g/mol. The van der Waals surface area contributed by atoms with Crippen LogP contribution in [0.25, 0.3) is 0 Å². The van der Waals surface area contributed by atoms with Crippen molar-refractivity contribution in [1.82, 2.24) is 10.6 Å². The topological polar surface area (TPSA) is 41.1 Å². The molecule has 3 nitrogen and oxygen atoms in total. The molecule has 1 atom stereocenters. The number of nitrogens with one attached hydrogen (secondary N) is 2. The van der Waals surface area contributed by atoms with Gasteiger partial charge in [0.25, 0.3) is 0 Å². The van der Waals surface area contributed by atoms with Crippen molar-refractivity contribution in [3.8, 4) is 0 Å². The third kappa shape index (κ3) is 4.63. The summed E-state index contributed by atoms with van der Waals surface area (Å²) >= 11 is 1.94. The van der Waals surface area contributed by atoms with Crippen LogP contribution in [-0.4, -0.2) is 36.0 Å². The average Bonchev–Trinajstić information content (AvgIpc) is 2.44. The average molecular weight is 327 g/mol. The summed E-state index contributed by atoms with van der Waals surface area (Å²) < 4.78 is 0. The smallest absolute Gasteiger partial charge is 0.221 e. The summed E-state index contributed by atoms with van der Waals surface area (Å²) in [6.45, 7) is 1.03. The first-order valence-electron chi connectivity index (χ1n) is 7.46. The minimum absolute atomic E-state index is 0. The van der Waals surface area contributed by atoms with Crippen LogP contribution < -0.4 is 10.6 Å². The highest BCUT2D eigenvalue weighted by molar-refractivity contribution is 7.99. The lowest BCUT2D eigenvalue weighted by atomic mass is 9.76. The molecule has 2 aliphatic rings. The molecular weight excluding hydrogens is 304 g/mol. The molecule has 1 aromatic rings. The Hall–Kier alpha value is -0.710. The predicted molar refractivity (Wildman–Crippen MR) is 91.3 cm³/mol. The van der Waals surface area contributed by atoms with Crippen molar-refractivity contribution < 1.29 is 4.79 Å². The van der Waals surface area contributed by atoms with Crippen molar-refractivity contribution in [1.29, 1.82) is 0 Å². The molecule has 116 valence electrons. The van der Waals surface area contributed by atoms with Gasteiger partial charge in [0.15, 0.2) is 0 Å². The zero-order valence-corrected chi connectivity index (χ0v) is 13.7. The Labute approximate surface area is 137 Å². The molecule has 5 heteroatoms. The van der Waals surface area contributed by atoms with Crippen molar-refractivity contribution >= 4 is 30.1 Å². The number of hydrogen-bond acceptors (Lipinski definition) is 3. The highest BCUT2D eigenvalue weighted by atomic mass is 35.5. The molecule has 0 radical (unpaired) electrons. The van der Waals surface area contributed by atoms with E-state index in [4.69, 9.17) is 0 Å². The van der Waals surface area contributed by atoms with Crippen LogP contribution in [0.1, 0.15) is 30.7 Å². The van der Waals surface area contributed by atoms with Crippen LogP contribution in [0, 0.1) is 0 Å². The van der Waals surface area contributed by atoms with Gasteiger partial charge in [-0.05, 0) is 24.3 Å². The van der Waals surface area contributed by atoms with Crippen molar-refractivity contribution in [2.75, 3.05) is 18.1 Å². The summed E-state index contributed by atoms with van der Waals surface area (Å²) in [5, 5.41) is 6.59. The summed E-state index contributed by atoms with van der Waals surface area (Å²) in [7, 11) is 0. The Balaban J connectivity index is 0.00000161. The van der Waals surface area contributed by atoms with E-state index in [1.807, 2.05) is 11.8 Å². The van der Waals surface area contributed by atoms with Crippen LogP contribution in [0.15, 0.2) is 30.3 Å². The van der Waals surface area contributed by atoms with Crippen LogP contribution in [0.2, 0.25) is 0 Å². The van der Waals surface area contributed by atoms with Crippen LogP contribution in [0.3, 0.4) is 0 Å². The zero-order chi connectivity index (χ0) is 13.8. The predicted octanol–water partition coefficient (Wildman–Crippen LogP) is 2.57. The lowest BCUT2D eigenvalue weighted by Crippen LogP contribution is -2.47. The Bertz CT molecular complexity index is 445. The Kier molecular flexibility index (Phi) is 6.40. The van der Waals surface area contributed by atoms with Crippen molar-refractivity contribution in [3.63, 3.8) is 0 Å². The molecule has 0 aromatic heterocycles. The summed E-state index contributed by atoms with van der Waals surface area (Å²) in [4.78, 5) is 12.0. The van der Waals surface area contributed by atoms with Crippen molar-refractivity contribution in [2.45, 2.75) is 37.3 Å². The second-order valence-corrected chi connectivity index (χ2v) is 6.92. The van der Waals surface area contributed by atoms with Gasteiger partial charge >= 0.3 is 0 Å². The number of thioether (sulfide) groups is 1. The standard InChI is InChI=1S/C16H22N2OS.ClH/c19-16(10-15-11-20-7-6-17-15)18-14-8-13(9-14)12-4-2-1-3-5-12;/h1-5,13-15,17H,6-11H2,(H,18,19);1H. The Morgan fingerprint density at radius 3 is 2.71 bits per heavy atom. The van der Waals surface area contributed by atoms with E-state index >= 15 is 0 Å². The van der Waals surface area contributed by atoms with Crippen LogP contribution in [0.5, 0.6) is 0 Å². The van der Waals surface area contributed by atoms with E-state index in [1.165, 1.54) is 11.3 Å². The number of amides is 1. The van der Waals surface area contributed by atoms with Gasteiger partial charge in [-0.2, -0.15) is 11.8 Å². The van der Waals surface area contributed by atoms with E-state index in [1.54, 1.807) is 0 Å². The molecule has 1 aliphatic carbocycles. The van der Waals surface area contributed by atoms with E-state index in [9.17, 15) is 4.79 Å². The quantitative estimate of drug-likeness (QED) is 0.893. The van der Waals surface area contributed by atoms with Crippen LogP contribution >= 0.6 is 24.2 Å². The van der Waals surface area contributed by atoms with Gasteiger partial charge in [0, 0.05) is 36.6 Å². The summed E-state index contributed by atoms with van der Waals surface area (Å²) in [6.07, 6.45) is 2.80. The first kappa shape index (κ1) is 16.7. The molecule has 1 saturated heterocycles. The third-order valence-corrected chi connectivity index (χ3v) is 5.34. The minimum atomic E-state index is 0. The second kappa shape index (κ2) is 8.06. The molecule has 0 spiro atoms. The summed E-state index contributed by atoms with van der Waals surface area (Å²) in [6, 6.07) is 11.3. The molecule has 1 saturated carbocycles. The number of rotatable bonds is 4. The lowest BCUT2D eigenvalue weighted by molar-refractivity contribution is -0.122. The Morgan fingerprint density at radius 1 is 1.29 bits per heavy atom. The van der Waals surface area contributed by atoms with Gasteiger partial charge in [0.2, 0.25) is 5.91 Å². The van der Waals surface area contributed by atoms with E-state index in [0.29, 0.717) is 24.4 Å². The van der Waals surface area contributed by atoms with Gasteiger partial charge in [-0.15, -0.1) is 12.4 Å². The van der Waals surface area contributed by atoms with Gasteiger partial charge in [0.1, 0.15) is 0 Å². The van der Waals surface area contributed by atoms with Crippen molar-refractivity contribution in [3.05, 3.63) is 35.9 Å². The number of carbonyl (C=O) groups is 1. The summed E-state index contributed by atoms with van der Waals surface area (Å²) in [5.74, 6) is 3.07. The van der Waals surface area contributed by atoms with E-state index in [2.05, 4.69) is 41.0 Å². The maximum Gasteiger partial charge on any atom is 0.221 e. The van der Waals surface area contributed by atoms with E-state index in [0.717, 1.165) is 25.1 Å². The highest BCUT2D eigenvalue weighted by Gasteiger charge is 2.31. The fourth-order valence-corrected chi connectivity index (χ4v) is 3.94. The molecule has 1 amide bonds. The van der Waals surface area contributed by atoms with E-state index in [-0.39, 0.29) is 18.3 Å². The molecule has 0 bridgehead atoms. The zero-order valence-electron chi connectivity index (χ0n) is 12.1. The first-order valence-corrected chi connectivity index (χ1v) is 8.62. The van der Waals surface area contributed by atoms with Gasteiger partial charge in [0.05, 0.1) is 0 Å². The van der Waals surface area contributed by atoms with Crippen LogP contribution in [-0.2, 0) is 4.79 Å². The number of benzene rings is 1.